The van der Waals surface area contributed by atoms with E-state index >= 15 is 0 Å². The van der Waals surface area contributed by atoms with Crippen LogP contribution in [-0.2, 0) is 0 Å². The molecule has 0 amide bonds. The van der Waals surface area contributed by atoms with Crippen molar-refractivity contribution < 1.29 is 0 Å². The fourth-order valence-corrected chi connectivity index (χ4v) is 3.12. The summed E-state index contributed by atoms with van der Waals surface area (Å²) in [5, 5.41) is 0. The van der Waals surface area contributed by atoms with Gasteiger partial charge in [-0.05, 0) is 0 Å². The molecule has 0 rings (SSSR count). The van der Waals surface area contributed by atoms with Crippen molar-refractivity contribution in [3.63, 3.8) is 0 Å². The predicted octanol–water partition coefficient (Wildman–Crippen LogP) is 5.97. The Balaban J connectivity index is 5.73. The standard InChI is InChI=1S/C5H2Cl11N/c6-1(7,2(8,9)4(12,13)14)3(10,11)5(15,16)17/h17H2. The molecule has 0 saturated carbocycles. The minimum atomic E-state index is -2.52. The van der Waals surface area contributed by atoms with Crippen molar-refractivity contribution in [3.8, 4) is 0 Å². The Morgan fingerprint density at radius 3 is 0.941 bits per heavy atom. The van der Waals surface area contributed by atoms with Gasteiger partial charge in [-0.2, -0.15) is 0 Å². The monoisotopic (exact) mass is 461 g/mol. The van der Waals surface area contributed by atoms with Crippen LogP contribution in [0.2, 0.25) is 0 Å². The van der Waals surface area contributed by atoms with E-state index in [1.807, 2.05) is 0 Å². The predicted molar refractivity (Wildman–Crippen MR) is 82.2 cm³/mol. The highest BCUT2D eigenvalue weighted by Gasteiger charge is 2.72. The Morgan fingerprint density at radius 2 is 0.765 bits per heavy atom. The van der Waals surface area contributed by atoms with Crippen LogP contribution in [0.4, 0.5) is 0 Å². The summed E-state index contributed by atoms with van der Waals surface area (Å²) in [6, 6.07) is 0. The van der Waals surface area contributed by atoms with Crippen LogP contribution in [0.25, 0.3) is 0 Å². The van der Waals surface area contributed by atoms with Crippen molar-refractivity contribution in [1.29, 1.82) is 0 Å². The number of halogens is 11. The first-order valence-electron chi connectivity index (χ1n) is 3.37. The smallest absolute Gasteiger partial charge is 0.226 e. The van der Waals surface area contributed by atoms with Gasteiger partial charge < -0.3 is 0 Å². The number of rotatable bonds is 3. The highest BCUT2D eigenvalue weighted by Crippen LogP contribution is 2.65. The number of alkyl halides is 11. The normalized spacial score (nSPS) is 16.2. The van der Waals surface area contributed by atoms with E-state index in [1.54, 1.807) is 0 Å². The van der Waals surface area contributed by atoms with Gasteiger partial charge in [-0.15, -0.1) is 0 Å². The fraction of sp³-hybridized carbons (Fsp3) is 1.00. The second-order valence-electron chi connectivity index (χ2n) is 2.84. The SMILES string of the molecule is NC(Cl)(Cl)C(Cl)(Cl)C(Cl)(Cl)C(Cl)(Cl)C(Cl)(Cl)Cl. The molecular weight excluding hydrogens is 464 g/mol. The summed E-state index contributed by atoms with van der Waals surface area (Å²) in [4.78, 5) is 0. The fourth-order valence-electron chi connectivity index (χ4n) is 0.584. The average molecular weight is 466 g/mol. The first kappa shape index (κ1) is 20.1. The third-order valence-corrected chi connectivity index (χ3v) is 8.15. The van der Waals surface area contributed by atoms with Crippen LogP contribution in [0.1, 0.15) is 0 Å². The summed E-state index contributed by atoms with van der Waals surface area (Å²) in [5.41, 5.74) is 5.29. The summed E-state index contributed by atoms with van der Waals surface area (Å²) >= 11 is 62.3. The van der Waals surface area contributed by atoms with Gasteiger partial charge in [-0.25, -0.2) is 0 Å². The van der Waals surface area contributed by atoms with Crippen molar-refractivity contribution in [2.75, 3.05) is 0 Å². The average Bonchev–Trinajstić information content (AvgIpc) is 1.98. The third kappa shape index (κ3) is 3.67. The van der Waals surface area contributed by atoms with Gasteiger partial charge in [0.05, 0.1) is 0 Å². The van der Waals surface area contributed by atoms with E-state index in [2.05, 4.69) is 0 Å². The van der Waals surface area contributed by atoms with Crippen LogP contribution in [0.15, 0.2) is 0 Å². The van der Waals surface area contributed by atoms with E-state index in [0.717, 1.165) is 0 Å². The zero-order valence-corrected chi connectivity index (χ0v) is 15.6. The highest BCUT2D eigenvalue weighted by atomic mass is 35.6. The van der Waals surface area contributed by atoms with E-state index in [1.165, 1.54) is 0 Å². The van der Waals surface area contributed by atoms with Gasteiger partial charge >= 0.3 is 0 Å². The van der Waals surface area contributed by atoms with Crippen LogP contribution in [0.5, 0.6) is 0 Å². The van der Waals surface area contributed by atoms with Gasteiger partial charge in [0.15, 0.2) is 8.67 Å². The largest absolute Gasteiger partial charge is 0.298 e. The lowest BCUT2D eigenvalue weighted by atomic mass is 10.2. The molecule has 0 saturated heterocycles. The molecule has 0 aromatic carbocycles. The molecule has 0 unspecified atom stereocenters. The molecule has 0 aliphatic carbocycles. The van der Waals surface area contributed by atoms with Crippen LogP contribution in [-0.4, -0.2) is 21.2 Å². The lowest BCUT2D eigenvalue weighted by Gasteiger charge is -2.46. The van der Waals surface area contributed by atoms with Crippen LogP contribution in [0.3, 0.4) is 0 Å². The maximum atomic E-state index is 5.82. The maximum absolute atomic E-state index is 5.82. The molecule has 0 aliphatic rings. The molecule has 0 aliphatic heterocycles. The van der Waals surface area contributed by atoms with Gasteiger partial charge in [0, 0.05) is 0 Å². The maximum Gasteiger partial charge on any atom is 0.226 e. The zero-order valence-electron chi connectivity index (χ0n) is 7.23. The summed E-state index contributed by atoms with van der Waals surface area (Å²) in [7, 11) is 0. The quantitative estimate of drug-likeness (QED) is 0.403. The van der Waals surface area contributed by atoms with E-state index in [4.69, 9.17) is 133 Å². The summed E-state index contributed by atoms with van der Waals surface area (Å²) in [5.74, 6) is 0. The van der Waals surface area contributed by atoms with Crippen LogP contribution >= 0.6 is 128 Å². The highest BCUT2D eigenvalue weighted by molar-refractivity contribution is 6.81. The molecule has 0 atom stereocenters. The van der Waals surface area contributed by atoms with Gasteiger partial charge in [0.25, 0.3) is 0 Å². The van der Waals surface area contributed by atoms with E-state index < -0.39 is 21.2 Å². The molecule has 17 heavy (non-hydrogen) atoms. The molecule has 1 nitrogen and oxygen atoms in total. The molecule has 0 radical (unpaired) electrons. The molecule has 12 heteroatoms. The Kier molecular flexibility index (Phi) is 6.80. The summed E-state index contributed by atoms with van der Waals surface area (Å²) in [6.07, 6.45) is 0. The summed E-state index contributed by atoms with van der Waals surface area (Å²) < 4.78 is -12.1. The lowest BCUT2D eigenvalue weighted by Crippen LogP contribution is -2.64. The van der Waals surface area contributed by atoms with Gasteiger partial charge in [0.2, 0.25) is 12.6 Å². The van der Waals surface area contributed by atoms with Crippen molar-refractivity contribution in [3.05, 3.63) is 0 Å². The molecule has 2 N–H and O–H groups in total. The lowest BCUT2D eigenvalue weighted by molar-refractivity contribution is 0.538. The molecule has 0 heterocycles. The van der Waals surface area contributed by atoms with Gasteiger partial charge in [-0.3, -0.25) is 5.73 Å². The molecular formula is C5H2Cl11N. The molecule has 0 bridgehead atoms. The van der Waals surface area contributed by atoms with Gasteiger partial charge in [0.1, 0.15) is 0 Å². The first-order chi connectivity index (χ1) is 7.00. The Labute approximate surface area is 153 Å². The molecule has 0 aromatic rings. The first-order valence-corrected chi connectivity index (χ1v) is 7.53. The van der Waals surface area contributed by atoms with Crippen molar-refractivity contribution in [1.82, 2.24) is 0 Å². The van der Waals surface area contributed by atoms with Crippen molar-refractivity contribution in [2.24, 2.45) is 5.73 Å². The third-order valence-electron chi connectivity index (χ3n) is 1.56. The van der Waals surface area contributed by atoms with Gasteiger partial charge in [-0.1, -0.05) is 128 Å². The van der Waals surface area contributed by atoms with E-state index in [-0.39, 0.29) is 0 Å². The van der Waals surface area contributed by atoms with Crippen molar-refractivity contribution >= 4 is 128 Å². The Hall–Kier alpha value is 3.15. The molecule has 0 spiro atoms. The zero-order chi connectivity index (χ0) is 14.5. The number of hydrogen-bond acceptors (Lipinski definition) is 1. The van der Waals surface area contributed by atoms with Crippen LogP contribution in [0, 0.1) is 0 Å². The van der Waals surface area contributed by atoms with E-state index in [0.29, 0.717) is 0 Å². The Bertz CT molecular complexity index is 255. The second kappa shape index (κ2) is 5.74. The minimum absolute atomic E-state index is 2.33. The molecule has 0 fully saturated rings. The number of nitrogens with two attached hydrogens (primary N) is 1. The minimum Gasteiger partial charge on any atom is -0.298 e. The molecule has 104 valence electrons. The Morgan fingerprint density at radius 1 is 0.471 bits per heavy atom. The molecule has 0 aromatic heterocycles. The number of hydrogen-bond donors (Lipinski definition) is 1. The van der Waals surface area contributed by atoms with Crippen molar-refractivity contribution in [2.45, 2.75) is 21.2 Å². The topological polar surface area (TPSA) is 26.0 Å². The second-order valence-corrected chi connectivity index (χ2v) is 10.5. The summed E-state index contributed by atoms with van der Waals surface area (Å²) in [6.45, 7) is 0. The van der Waals surface area contributed by atoms with Crippen LogP contribution < -0.4 is 5.73 Å². The van der Waals surface area contributed by atoms with E-state index in [9.17, 15) is 0 Å².